The summed E-state index contributed by atoms with van der Waals surface area (Å²) in [6, 6.07) is 17.2. The van der Waals surface area contributed by atoms with Crippen LogP contribution in [0.25, 0.3) is 0 Å². The number of carboxylic acids is 1. The number of carboxylic acid groups (broad SMARTS) is 1. The molecule has 3 fully saturated rings. The van der Waals surface area contributed by atoms with E-state index in [0.29, 0.717) is 142 Å². The Bertz CT molecular complexity index is 3930. The number of aliphatic hydroxyl groups is 9. The second-order valence-corrected chi connectivity index (χ2v) is 31.7. The van der Waals surface area contributed by atoms with Crippen molar-refractivity contribution in [1.29, 1.82) is 0 Å². The smallest absolute Gasteiger partial charge is 0.303 e. The zero-order chi connectivity index (χ0) is 91.4. The number of nitrogens with zero attached hydrogens (tertiary/aromatic N) is 9. The van der Waals surface area contributed by atoms with Gasteiger partial charge < -0.3 is 131 Å². The summed E-state index contributed by atoms with van der Waals surface area (Å²) in [5.74, 6) is -1.72. The quantitative estimate of drug-likeness (QED) is 0.0214. The van der Waals surface area contributed by atoms with Gasteiger partial charge in [0.2, 0.25) is 23.6 Å². The molecular formula is C85H124N16O27. The Morgan fingerprint density at radius 1 is 0.359 bits per heavy atom. The van der Waals surface area contributed by atoms with E-state index in [-0.39, 0.29) is 153 Å². The molecule has 0 spiro atoms. The highest BCUT2D eigenvalue weighted by atomic mass is 16.5. The Hall–Kier alpha value is -10.4. The summed E-state index contributed by atoms with van der Waals surface area (Å²) < 4.78 is 56.4. The van der Waals surface area contributed by atoms with Crippen molar-refractivity contribution in [1.82, 2.24) is 82.2 Å². The van der Waals surface area contributed by atoms with Crippen molar-refractivity contribution in [2.45, 2.75) is 220 Å². The SMILES string of the molecule is O=C(O)CCCCCCCCCCC(=O)NC(COCCC(=O)NCCCCNC(=O)c1ccc(OCc2cn([C@H]3CO[C@H](CO)[C@H](O)[C@@H]3O)nn2)cc1)(COCCC(=O)NCCCCNC(=O)c1ccc(OCc2cn([C@H]3CO[C@H](CO)[C@H](O)[C@@H]3O)nn2)cc1)COCCC(=O)NCCCCNC(=O)c1ccc(OCc2cn([C@H]3CO[C@H](CO)[C@H](O)[C@@H]3O)nn2)cc1. The molecule has 7 amide bonds. The molecule has 6 heterocycles. The van der Waals surface area contributed by atoms with E-state index in [2.05, 4.69) is 68.2 Å². The first kappa shape index (κ1) is 101. The van der Waals surface area contributed by atoms with Crippen LogP contribution in [0, 0.1) is 0 Å². The molecule has 3 saturated heterocycles. The van der Waals surface area contributed by atoms with Gasteiger partial charge in [-0.15, -0.1) is 15.3 Å². The molecule has 9 rings (SSSR count). The average molecular weight is 1800 g/mol. The second kappa shape index (κ2) is 54.8. The fourth-order valence-electron chi connectivity index (χ4n) is 14.1. The lowest BCUT2D eigenvalue weighted by Gasteiger charge is -2.36. The zero-order valence-corrected chi connectivity index (χ0v) is 71.8. The van der Waals surface area contributed by atoms with Crippen LogP contribution in [0.15, 0.2) is 91.4 Å². The number of hydrogen-bond donors (Lipinski definition) is 17. The van der Waals surface area contributed by atoms with E-state index in [4.69, 9.17) is 47.7 Å². The summed E-state index contributed by atoms with van der Waals surface area (Å²) in [5, 5.41) is 144. The highest BCUT2D eigenvalue weighted by molar-refractivity contribution is 5.95. The topological polar surface area (TPSA) is 598 Å². The number of aliphatic carboxylic acids is 1. The first-order chi connectivity index (χ1) is 62.0. The lowest BCUT2D eigenvalue weighted by Crippen LogP contribution is -2.58. The normalized spacial score (nSPS) is 20.5. The minimum atomic E-state index is -1.39. The van der Waals surface area contributed by atoms with E-state index in [9.17, 15) is 84.3 Å². The van der Waals surface area contributed by atoms with E-state index in [0.717, 1.165) is 38.5 Å². The number of amides is 7. The van der Waals surface area contributed by atoms with E-state index in [1.165, 1.54) is 14.0 Å². The molecule has 17 N–H and O–H groups in total. The molecule has 0 bridgehead atoms. The number of rotatable bonds is 60. The minimum Gasteiger partial charge on any atom is -0.487 e. The molecule has 3 aliphatic heterocycles. The van der Waals surface area contributed by atoms with Crippen molar-refractivity contribution in [3.05, 3.63) is 125 Å². The van der Waals surface area contributed by atoms with Gasteiger partial charge in [-0.25, -0.2) is 14.0 Å². The highest BCUT2D eigenvalue weighted by Crippen LogP contribution is 2.29. The molecule has 6 aromatic rings. The number of benzene rings is 3. The summed E-state index contributed by atoms with van der Waals surface area (Å²) in [6.07, 6.45) is 3.90. The maximum Gasteiger partial charge on any atom is 0.303 e. The minimum absolute atomic E-state index is 0.00376. The maximum atomic E-state index is 14.0. The van der Waals surface area contributed by atoms with Gasteiger partial charge in [0.05, 0.1) is 97.9 Å². The molecule has 0 radical (unpaired) electrons. The van der Waals surface area contributed by atoms with Crippen LogP contribution in [0.3, 0.4) is 0 Å². The molecule has 3 aromatic heterocycles. The van der Waals surface area contributed by atoms with Gasteiger partial charge in [0.25, 0.3) is 17.7 Å². The van der Waals surface area contributed by atoms with Crippen LogP contribution in [0.1, 0.15) is 188 Å². The van der Waals surface area contributed by atoms with Crippen molar-refractivity contribution in [3.8, 4) is 17.2 Å². The van der Waals surface area contributed by atoms with Crippen LogP contribution < -0.4 is 51.4 Å². The number of aliphatic hydroxyl groups excluding tert-OH is 9. The summed E-state index contributed by atoms with van der Waals surface area (Å²) in [5.41, 5.74) is 1.07. The number of hydrogen-bond acceptors (Lipinski definition) is 32. The second-order valence-electron chi connectivity index (χ2n) is 31.7. The molecule has 0 aliphatic carbocycles. The lowest BCUT2D eigenvalue weighted by atomic mass is 9.98. The third-order valence-electron chi connectivity index (χ3n) is 21.7. The number of ether oxygens (including phenoxy) is 9. The molecule has 3 aliphatic rings. The summed E-state index contributed by atoms with van der Waals surface area (Å²) in [4.78, 5) is 104. The first-order valence-corrected chi connectivity index (χ1v) is 43.6. The van der Waals surface area contributed by atoms with E-state index in [1.54, 1.807) is 91.4 Å². The number of nitrogens with one attached hydrogen (secondary N) is 7. The number of carbonyl (C=O) groups is 8. The van der Waals surface area contributed by atoms with Gasteiger partial charge in [0.15, 0.2) is 0 Å². The summed E-state index contributed by atoms with van der Waals surface area (Å²) in [7, 11) is 0. The van der Waals surface area contributed by atoms with Crippen LogP contribution >= 0.6 is 0 Å². The van der Waals surface area contributed by atoms with Gasteiger partial charge in [-0.1, -0.05) is 54.2 Å². The van der Waals surface area contributed by atoms with Crippen LogP contribution in [-0.4, -0.2) is 322 Å². The van der Waals surface area contributed by atoms with Crippen molar-refractivity contribution >= 4 is 47.3 Å². The van der Waals surface area contributed by atoms with Gasteiger partial charge in [-0.3, -0.25) is 38.4 Å². The molecule has 0 saturated carbocycles. The Balaban J connectivity index is 0.706. The Morgan fingerprint density at radius 3 is 0.930 bits per heavy atom. The molecule has 3 aromatic carbocycles. The van der Waals surface area contributed by atoms with E-state index < -0.39 is 104 Å². The summed E-state index contributed by atoms with van der Waals surface area (Å²) >= 11 is 0. The average Bonchev–Trinajstić information content (AvgIpc) is 1.81. The third-order valence-corrected chi connectivity index (χ3v) is 21.7. The first-order valence-electron chi connectivity index (χ1n) is 43.6. The number of carbonyl (C=O) groups excluding carboxylic acids is 7. The molecule has 12 atom stereocenters. The molecule has 128 heavy (non-hydrogen) atoms. The largest absolute Gasteiger partial charge is 0.487 e. The van der Waals surface area contributed by atoms with Gasteiger partial charge >= 0.3 is 5.97 Å². The van der Waals surface area contributed by atoms with Crippen molar-refractivity contribution in [2.75, 3.05) is 119 Å². The number of unbranched alkanes of at least 4 members (excludes halogenated alkanes) is 10. The van der Waals surface area contributed by atoms with Gasteiger partial charge in [0, 0.05) is 88.1 Å². The predicted octanol–water partition coefficient (Wildman–Crippen LogP) is -0.500. The van der Waals surface area contributed by atoms with Crippen molar-refractivity contribution in [3.63, 3.8) is 0 Å². The molecule has 43 heteroatoms. The number of aromatic nitrogens is 9. The van der Waals surface area contributed by atoms with Crippen LogP contribution in [0.2, 0.25) is 0 Å². The third kappa shape index (κ3) is 33.9. The Kier molecular flexibility index (Phi) is 43.4. The lowest BCUT2D eigenvalue weighted by molar-refractivity contribution is -0.171. The van der Waals surface area contributed by atoms with Gasteiger partial charge in [-0.05, 0) is 124 Å². The standard InChI is InChI=1S/C85H124N16O27/c102-44-68-79(114)76(111)65(50-126-68)99-41-59(93-96-99)47-123-62-23-17-56(18-24-62)82(117)89-35-12-9-32-86-71(105)29-38-120-53-85(92-74(108)15-7-5-3-1-2-4-6-8-16-75(109)110,54-121-39-30-72(106)87-33-10-13-36-90-83(118)57-19-25-63(26-20-57)124-48-60-42-100(97-94-60)66-51-127-69(45-103)80(115)77(66)112)55-122-40-31-73(107)88-34-11-14-37-91-84(119)58-21-27-64(28-22-58)125-49-61-43-101(98-95-61)67-52-128-70(46-104)81(116)78(67)113/h17-28,41-43,65-70,76-81,102-104,111-116H,1-16,29-40,44-55H2,(H,86,105)(H,87,106)(H,88,107)(H,89,117)(H,90,118)(H,91,119)(H,92,108)(H,109,110)/t65-,66-,67-,68+,69+,70+,76+,77+,78+,79-,80-,81-/m0/s1. The van der Waals surface area contributed by atoms with E-state index >= 15 is 0 Å². The molecule has 0 unspecified atom stereocenters. The maximum absolute atomic E-state index is 14.0. The Labute approximate surface area is 739 Å². The Morgan fingerprint density at radius 2 is 0.641 bits per heavy atom. The molecular weight excluding hydrogens is 1680 g/mol. The molecule has 706 valence electrons. The van der Waals surface area contributed by atoms with Crippen LogP contribution in [0.4, 0.5) is 0 Å². The van der Waals surface area contributed by atoms with Crippen LogP contribution in [-0.2, 0) is 72.2 Å². The van der Waals surface area contributed by atoms with Crippen molar-refractivity contribution < 1.29 is 132 Å². The monoisotopic (exact) mass is 1800 g/mol. The zero-order valence-electron chi connectivity index (χ0n) is 71.8. The molecule has 43 nitrogen and oxygen atoms in total. The van der Waals surface area contributed by atoms with Gasteiger partial charge in [-0.2, -0.15) is 0 Å². The van der Waals surface area contributed by atoms with Crippen molar-refractivity contribution in [2.24, 2.45) is 0 Å². The van der Waals surface area contributed by atoms with Gasteiger partial charge in [0.1, 0.15) is 133 Å². The fraction of sp³-hybridized carbons (Fsp3) is 0.624. The fourth-order valence-corrected chi connectivity index (χ4v) is 14.1. The van der Waals surface area contributed by atoms with E-state index in [1.807, 2.05) is 0 Å². The van der Waals surface area contributed by atoms with Crippen LogP contribution in [0.5, 0.6) is 17.2 Å². The summed E-state index contributed by atoms with van der Waals surface area (Å²) in [6.45, 7) is -0.321. The predicted molar refractivity (Wildman–Crippen MR) is 451 cm³/mol. The highest BCUT2D eigenvalue weighted by Gasteiger charge is 2.43.